The zero-order chi connectivity index (χ0) is 18.0. The molecule has 2 rings (SSSR count). The van der Waals surface area contributed by atoms with Crippen LogP contribution in [0.2, 0.25) is 0 Å². The SMILES string of the molecule is Cc1cc(-c2cnn(CCN)c2)ccc1OCC(F)(F)C(F)(F)F. The van der Waals surface area contributed by atoms with Gasteiger partial charge in [-0.3, -0.25) is 4.68 Å². The van der Waals surface area contributed by atoms with E-state index in [-0.39, 0.29) is 5.75 Å². The minimum Gasteiger partial charge on any atom is -0.487 e. The Hall–Kier alpha value is -2.16. The molecule has 2 aromatic rings. The van der Waals surface area contributed by atoms with Crippen LogP contribution in [0.15, 0.2) is 30.6 Å². The molecule has 0 aliphatic carbocycles. The zero-order valence-corrected chi connectivity index (χ0v) is 12.8. The predicted molar refractivity (Wildman–Crippen MR) is 78.0 cm³/mol. The summed E-state index contributed by atoms with van der Waals surface area (Å²) in [5.41, 5.74) is 7.39. The van der Waals surface area contributed by atoms with Crippen molar-refractivity contribution in [3.8, 4) is 16.9 Å². The molecule has 9 heteroatoms. The molecule has 132 valence electrons. The number of hydrogen-bond donors (Lipinski definition) is 1. The first-order valence-electron chi connectivity index (χ1n) is 7.05. The van der Waals surface area contributed by atoms with E-state index in [9.17, 15) is 22.0 Å². The van der Waals surface area contributed by atoms with Crippen molar-refractivity contribution in [3.05, 3.63) is 36.2 Å². The molecule has 24 heavy (non-hydrogen) atoms. The van der Waals surface area contributed by atoms with Crippen molar-refractivity contribution in [2.75, 3.05) is 13.2 Å². The third-order valence-electron chi connectivity index (χ3n) is 3.32. The number of nitrogens with zero attached hydrogens (tertiary/aromatic N) is 2. The highest BCUT2D eigenvalue weighted by atomic mass is 19.4. The van der Waals surface area contributed by atoms with E-state index in [0.717, 1.165) is 11.1 Å². The van der Waals surface area contributed by atoms with E-state index in [0.29, 0.717) is 18.7 Å². The Morgan fingerprint density at radius 3 is 2.46 bits per heavy atom. The molecule has 0 aliphatic heterocycles. The standard InChI is InChI=1S/C15H16F5N3O/c1-10-6-11(12-7-22-23(8-12)5-4-21)2-3-13(10)24-9-14(16,17)15(18,19)20/h2-3,6-8H,4-5,9,21H2,1H3. The zero-order valence-electron chi connectivity index (χ0n) is 12.8. The van der Waals surface area contributed by atoms with E-state index in [1.165, 1.54) is 6.07 Å². The second kappa shape index (κ2) is 6.76. The van der Waals surface area contributed by atoms with Crippen molar-refractivity contribution in [1.29, 1.82) is 0 Å². The molecule has 0 fully saturated rings. The Morgan fingerprint density at radius 2 is 1.88 bits per heavy atom. The quantitative estimate of drug-likeness (QED) is 0.814. The highest BCUT2D eigenvalue weighted by Gasteiger charge is 2.58. The maximum absolute atomic E-state index is 12.9. The van der Waals surface area contributed by atoms with Gasteiger partial charge in [-0.25, -0.2) is 0 Å². The van der Waals surface area contributed by atoms with Crippen LogP contribution >= 0.6 is 0 Å². The van der Waals surface area contributed by atoms with Crippen molar-refractivity contribution >= 4 is 0 Å². The largest absolute Gasteiger partial charge is 0.487 e. The van der Waals surface area contributed by atoms with Gasteiger partial charge in [-0.15, -0.1) is 0 Å². The van der Waals surface area contributed by atoms with Gasteiger partial charge < -0.3 is 10.5 Å². The molecule has 0 amide bonds. The lowest BCUT2D eigenvalue weighted by Gasteiger charge is -2.20. The lowest BCUT2D eigenvalue weighted by molar-refractivity contribution is -0.290. The average Bonchev–Trinajstić information content (AvgIpc) is 2.94. The molecular formula is C15H16F5N3O. The van der Waals surface area contributed by atoms with Crippen molar-refractivity contribution in [2.24, 2.45) is 5.73 Å². The van der Waals surface area contributed by atoms with Crippen LogP contribution in [-0.2, 0) is 6.54 Å². The molecule has 0 radical (unpaired) electrons. The van der Waals surface area contributed by atoms with Gasteiger partial charge in [-0.1, -0.05) is 6.07 Å². The number of hydrogen-bond acceptors (Lipinski definition) is 3. The Bertz CT molecular complexity index is 697. The lowest BCUT2D eigenvalue weighted by atomic mass is 10.1. The van der Waals surface area contributed by atoms with Gasteiger partial charge in [0.2, 0.25) is 0 Å². The Kier molecular flexibility index (Phi) is 5.12. The minimum atomic E-state index is -5.64. The van der Waals surface area contributed by atoms with Crippen LogP contribution in [0.3, 0.4) is 0 Å². The number of aryl methyl sites for hydroxylation is 1. The van der Waals surface area contributed by atoms with Gasteiger partial charge in [0.15, 0.2) is 6.61 Å². The summed E-state index contributed by atoms with van der Waals surface area (Å²) in [7, 11) is 0. The molecule has 1 aromatic carbocycles. The summed E-state index contributed by atoms with van der Waals surface area (Å²) in [5, 5.41) is 4.11. The van der Waals surface area contributed by atoms with E-state index in [2.05, 4.69) is 9.84 Å². The summed E-state index contributed by atoms with van der Waals surface area (Å²) in [5.74, 6) is -4.93. The molecule has 0 atom stereocenters. The topological polar surface area (TPSA) is 53.1 Å². The van der Waals surface area contributed by atoms with Gasteiger partial charge in [0, 0.05) is 18.3 Å². The molecule has 4 nitrogen and oxygen atoms in total. The molecule has 2 N–H and O–H groups in total. The third-order valence-corrected chi connectivity index (χ3v) is 3.32. The molecule has 0 spiro atoms. The highest BCUT2D eigenvalue weighted by molar-refractivity contribution is 5.64. The van der Waals surface area contributed by atoms with Crippen LogP contribution < -0.4 is 10.5 Å². The van der Waals surface area contributed by atoms with Crippen molar-refractivity contribution in [2.45, 2.75) is 25.6 Å². The summed E-state index contributed by atoms with van der Waals surface area (Å²) in [6.45, 7) is 0.785. The van der Waals surface area contributed by atoms with Gasteiger partial charge in [0.1, 0.15) is 5.75 Å². The Morgan fingerprint density at radius 1 is 1.17 bits per heavy atom. The molecular weight excluding hydrogens is 333 g/mol. The van der Waals surface area contributed by atoms with Crippen LogP contribution in [0.5, 0.6) is 5.75 Å². The fourth-order valence-electron chi connectivity index (χ4n) is 2.01. The molecule has 0 saturated heterocycles. The predicted octanol–water partition coefficient (Wildman–Crippen LogP) is 3.39. The van der Waals surface area contributed by atoms with E-state index in [4.69, 9.17) is 5.73 Å². The number of benzene rings is 1. The molecule has 1 aromatic heterocycles. The maximum atomic E-state index is 12.9. The molecule has 0 unspecified atom stereocenters. The van der Waals surface area contributed by atoms with Gasteiger partial charge >= 0.3 is 12.1 Å². The second-order valence-corrected chi connectivity index (χ2v) is 5.25. The summed E-state index contributed by atoms with van der Waals surface area (Å²) in [6.07, 6.45) is -2.26. The van der Waals surface area contributed by atoms with Crippen LogP contribution in [-0.4, -0.2) is 35.0 Å². The normalized spacial score (nSPS) is 12.5. The van der Waals surface area contributed by atoms with Gasteiger partial charge in [-0.05, 0) is 30.2 Å². The number of aromatic nitrogens is 2. The van der Waals surface area contributed by atoms with Gasteiger partial charge in [0.05, 0.1) is 12.7 Å². The van der Waals surface area contributed by atoms with E-state index < -0.39 is 18.7 Å². The third kappa shape index (κ3) is 4.02. The van der Waals surface area contributed by atoms with Crippen LogP contribution in [0.1, 0.15) is 5.56 Å². The first kappa shape index (κ1) is 18.2. The van der Waals surface area contributed by atoms with E-state index in [1.807, 2.05) is 0 Å². The van der Waals surface area contributed by atoms with E-state index in [1.54, 1.807) is 36.1 Å². The van der Waals surface area contributed by atoms with Crippen molar-refractivity contribution in [1.82, 2.24) is 9.78 Å². The summed E-state index contributed by atoms with van der Waals surface area (Å²) in [4.78, 5) is 0. The summed E-state index contributed by atoms with van der Waals surface area (Å²) in [6, 6.07) is 4.56. The molecule has 1 heterocycles. The number of ether oxygens (including phenoxy) is 1. The van der Waals surface area contributed by atoms with E-state index >= 15 is 0 Å². The smallest absolute Gasteiger partial charge is 0.456 e. The van der Waals surface area contributed by atoms with Crippen LogP contribution in [0.25, 0.3) is 11.1 Å². The molecule has 0 saturated carbocycles. The Balaban J connectivity index is 2.12. The number of nitrogens with two attached hydrogens (primary N) is 1. The summed E-state index contributed by atoms with van der Waals surface area (Å²) >= 11 is 0. The first-order chi connectivity index (χ1) is 11.1. The number of rotatable bonds is 6. The minimum absolute atomic E-state index is 0.0305. The van der Waals surface area contributed by atoms with Crippen molar-refractivity contribution in [3.63, 3.8) is 0 Å². The highest BCUT2D eigenvalue weighted by Crippen LogP contribution is 2.36. The second-order valence-electron chi connectivity index (χ2n) is 5.25. The lowest BCUT2D eigenvalue weighted by Crippen LogP contribution is -2.41. The fraction of sp³-hybridized carbons (Fsp3) is 0.400. The maximum Gasteiger partial charge on any atom is 0.456 e. The monoisotopic (exact) mass is 349 g/mol. The van der Waals surface area contributed by atoms with Crippen molar-refractivity contribution < 1.29 is 26.7 Å². The summed E-state index contributed by atoms with van der Waals surface area (Å²) < 4.78 is 68.5. The molecule has 0 bridgehead atoms. The first-order valence-corrected chi connectivity index (χ1v) is 7.05. The van der Waals surface area contributed by atoms with Crippen LogP contribution in [0.4, 0.5) is 22.0 Å². The van der Waals surface area contributed by atoms with Crippen LogP contribution in [0, 0.1) is 6.92 Å². The van der Waals surface area contributed by atoms with Gasteiger partial charge in [-0.2, -0.15) is 27.1 Å². The fourth-order valence-corrected chi connectivity index (χ4v) is 2.01. The molecule has 0 aliphatic rings. The Labute approximate surface area is 135 Å². The average molecular weight is 349 g/mol. The van der Waals surface area contributed by atoms with Gasteiger partial charge in [0.25, 0.3) is 0 Å². The number of alkyl halides is 5. The number of halogens is 5.